The molecular formula is C101H127N17O21. The lowest BCUT2D eigenvalue weighted by atomic mass is 9.95. The summed E-state index contributed by atoms with van der Waals surface area (Å²) in [6.07, 6.45) is 4.15. The molecule has 0 aliphatic carbocycles. The van der Waals surface area contributed by atoms with E-state index in [2.05, 4.69) is 46.5 Å². The number of imide groups is 4. The van der Waals surface area contributed by atoms with Crippen LogP contribution in [0.1, 0.15) is 128 Å². The van der Waals surface area contributed by atoms with Crippen LogP contribution in [0.5, 0.6) is 0 Å². The van der Waals surface area contributed by atoms with Gasteiger partial charge < -0.3 is 112 Å². The first-order valence-corrected chi connectivity index (χ1v) is 46.8. The molecular weight excluding hydrogens is 1790 g/mol. The van der Waals surface area contributed by atoms with Gasteiger partial charge in [0.25, 0.3) is 17.7 Å². The van der Waals surface area contributed by atoms with Crippen LogP contribution in [0.15, 0.2) is 121 Å². The third-order valence-corrected chi connectivity index (χ3v) is 24.0. The fraction of sp³-hybridized carbons (Fsp3) is 0.426. The highest BCUT2D eigenvalue weighted by atomic mass is 16.6. The maximum absolute atomic E-state index is 14.0. The number of Topliss-reactive ketones (excluding diaryl/α,β-unsaturated/α-hetero) is 2. The lowest BCUT2D eigenvalue weighted by molar-refractivity contribution is -0.130. The molecule has 0 bridgehead atoms. The molecule has 17 N–H and O–H groups in total. The summed E-state index contributed by atoms with van der Waals surface area (Å²) in [5.74, 6) is -6.11. The lowest BCUT2D eigenvalue weighted by Crippen LogP contribution is -2.55. The van der Waals surface area contributed by atoms with Crippen molar-refractivity contribution in [3.8, 4) is 0 Å². The molecule has 4 aromatic heterocycles. The zero-order valence-electron chi connectivity index (χ0n) is 79.8. The molecule has 38 heteroatoms. The van der Waals surface area contributed by atoms with E-state index in [1.165, 1.54) is 0 Å². The SMILES string of the molecule is Cc1cc(C)c(/C=C2\C(=O)N(C(=O)CC(CN)C(=O)NCCOCCOCC(COCC(COCCOCCNC(=O)C(CN)NC(=O)N3C(=O)/C(=C\c4[nH]c(C)cc4C)c4ccccc43)OCCOCCCC(=O)C(CN)NC(=O)N3C(=O)/C(=C\c4[nH]c(C)cc4C)c4ccccc43)OCCOCCCC(=O)C(CN)NC(=O)N3C(=O)C(Cc4[nH]c(C)cc4C)c4ccccc43)c3ccccc32)[nH]1. The van der Waals surface area contributed by atoms with Gasteiger partial charge in [-0.2, -0.15) is 0 Å². The van der Waals surface area contributed by atoms with Crippen molar-refractivity contribution >= 4 is 129 Å². The number of aryl methyl sites for hydroxylation is 8. The van der Waals surface area contributed by atoms with E-state index in [0.29, 0.717) is 68.1 Å². The Bertz CT molecular complexity index is 5810. The second-order valence-corrected chi connectivity index (χ2v) is 34.5. The maximum Gasteiger partial charge on any atom is 0.329 e. The summed E-state index contributed by atoms with van der Waals surface area (Å²) in [7, 11) is 0. The number of nitrogens with one attached hydrogen (secondary N) is 9. The van der Waals surface area contributed by atoms with Gasteiger partial charge in [0, 0.05) is 140 Å². The average Bonchev–Trinajstić information content (AvgIpc) is 1.63. The number of urea groups is 3. The van der Waals surface area contributed by atoms with Crippen LogP contribution < -0.4 is 69.1 Å². The molecule has 7 atom stereocenters. The molecule has 4 aromatic carbocycles. The first-order chi connectivity index (χ1) is 67.1. The first-order valence-electron chi connectivity index (χ1n) is 46.8. The molecule has 0 spiro atoms. The average molecular weight is 1920 g/mol. The highest BCUT2D eigenvalue weighted by molar-refractivity contribution is 6.44. The first kappa shape index (κ1) is 105. The molecule has 0 saturated heterocycles. The van der Waals surface area contributed by atoms with E-state index in [4.69, 9.17) is 65.6 Å². The van der Waals surface area contributed by atoms with Crippen molar-refractivity contribution in [2.24, 2.45) is 28.9 Å². The van der Waals surface area contributed by atoms with E-state index in [1.807, 2.05) is 91.8 Å². The number of carbonyl (C=O) groups excluding carboxylic acids is 12. The van der Waals surface area contributed by atoms with Crippen LogP contribution in [0, 0.1) is 61.3 Å². The largest absolute Gasteiger partial charge is 0.379 e. The summed E-state index contributed by atoms with van der Waals surface area (Å²) in [6.45, 7) is 15.2. The van der Waals surface area contributed by atoms with Crippen LogP contribution in [0.25, 0.3) is 34.9 Å². The number of fused-ring (bicyclic) bond motifs is 4. The molecule has 0 radical (unpaired) electrons. The number of amides is 13. The van der Waals surface area contributed by atoms with Crippen molar-refractivity contribution < 1.29 is 100 Å². The van der Waals surface area contributed by atoms with E-state index in [1.54, 1.807) is 103 Å². The van der Waals surface area contributed by atoms with Crippen LogP contribution in [0.2, 0.25) is 0 Å². The van der Waals surface area contributed by atoms with E-state index in [0.717, 1.165) is 87.4 Å². The zero-order valence-corrected chi connectivity index (χ0v) is 79.8. The summed E-state index contributed by atoms with van der Waals surface area (Å²) in [5, 5.41) is 13.5. The number of aromatic nitrogens is 4. The molecule has 4 aliphatic rings. The second kappa shape index (κ2) is 51.0. The summed E-state index contributed by atoms with van der Waals surface area (Å²) < 4.78 is 54.5. The molecule has 8 heterocycles. The van der Waals surface area contributed by atoms with Gasteiger partial charge in [0.15, 0.2) is 11.6 Å². The Balaban J connectivity index is 0.628. The minimum Gasteiger partial charge on any atom is -0.379 e. The minimum absolute atomic E-state index is 0.0135. The van der Waals surface area contributed by atoms with Gasteiger partial charge in [0.05, 0.1) is 144 Å². The number of aromatic amines is 4. The number of ketones is 2. The Kier molecular flexibility index (Phi) is 38.5. The van der Waals surface area contributed by atoms with Gasteiger partial charge in [-0.15, -0.1) is 0 Å². The maximum atomic E-state index is 14.0. The Hall–Kier alpha value is -13.1. The molecule has 0 saturated carbocycles. The third-order valence-electron chi connectivity index (χ3n) is 24.0. The summed E-state index contributed by atoms with van der Waals surface area (Å²) in [5.41, 5.74) is 39.6. The standard InChI is InChI=1S/C101H127N17O21/c1-60-43-64(5)108-79(60)48-75-71-19-9-13-23-86(71)115(95(75)124)92(121)47-68(52-102)93(122)106-29-33-133-35-37-135-56-69(138-41-39-131-31-17-27-90(119)83(53-103)112-99(128)116-87-24-14-10-20-72(87)76(96(116)125)49-80-61(2)44-65(6)109-80)58-137-59-70(139-42-40-132-32-18-28-91(120)84(54-104)113-100(129)117-88-25-15-11-21-73(88)77(97(117)126)50-81-62(3)45-66(7)110-81)57-136-38-36-134-34-30-107-94(123)85(55-105)114-101(130)118-89-26-16-12-22-74(89)78(98(118)127)51-82-63(4)46-67(8)111-82/h9-16,19-26,43-46,48,50-51,68-70,76,83-85,108-111H,17-18,27-42,47,49,52-59,102-105H2,1-8H3,(H,106,122)(H,107,123)(H,112,128)(H,113,129)(H,114,130)/b75-48-,77-50-,78-51-. The smallest absolute Gasteiger partial charge is 0.329 e. The molecule has 13 amide bonds. The molecule has 0 fully saturated rings. The number of anilines is 4. The number of carbonyl (C=O) groups is 12. The molecule has 742 valence electrons. The van der Waals surface area contributed by atoms with Crippen molar-refractivity contribution in [2.75, 3.05) is 165 Å². The van der Waals surface area contributed by atoms with Gasteiger partial charge in [0.2, 0.25) is 23.6 Å². The van der Waals surface area contributed by atoms with Crippen LogP contribution in [0.3, 0.4) is 0 Å². The van der Waals surface area contributed by atoms with Gasteiger partial charge in [-0.3, -0.25) is 43.2 Å². The van der Waals surface area contributed by atoms with Crippen molar-refractivity contribution in [3.63, 3.8) is 0 Å². The fourth-order valence-corrected chi connectivity index (χ4v) is 17.0. The van der Waals surface area contributed by atoms with Crippen LogP contribution in [-0.2, 0) is 92.2 Å². The van der Waals surface area contributed by atoms with Gasteiger partial charge >= 0.3 is 18.1 Å². The van der Waals surface area contributed by atoms with Crippen molar-refractivity contribution in [1.82, 2.24) is 46.5 Å². The fourth-order valence-electron chi connectivity index (χ4n) is 17.0. The number of hydrogen-bond donors (Lipinski definition) is 13. The van der Waals surface area contributed by atoms with Gasteiger partial charge in [-0.05, 0) is 163 Å². The highest BCUT2D eigenvalue weighted by Crippen LogP contribution is 2.43. The van der Waals surface area contributed by atoms with Crippen LogP contribution >= 0.6 is 0 Å². The number of ether oxygens (including phenoxy) is 9. The van der Waals surface area contributed by atoms with Crippen LogP contribution in [-0.4, -0.2) is 266 Å². The molecule has 8 aromatic rings. The third kappa shape index (κ3) is 27.3. The number of hydrogen-bond acceptors (Lipinski definition) is 25. The molecule has 12 rings (SSSR count). The second-order valence-electron chi connectivity index (χ2n) is 34.5. The number of benzene rings is 4. The number of para-hydroxylation sites is 4. The zero-order chi connectivity index (χ0) is 99.3. The van der Waals surface area contributed by atoms with Gasteiger partial charge in [-0.1, -0.05) is 72.8 Å². The van der Waals surface area contributed by atoms with E-state index < -0.39 is 102 Å². The van der Waals surface area contributed by atoms with Gasteiger partial charge in [0.1, 0.15) is 30.3 Å². The topological polar surface area (TPSA) is 528 Å². The summed E-state index contributed by atoms with van der Waals surface area (Å²) >= 11 is 0. The Morgan fingerprint density at radius 3 is 1.18 bits per heavy atom. The quantitative estimate of drug-likeness (QED) is 0.0131. The highest BCUT2D eigenvalue weighted by Gasteiger charge is 2.45. The molecule has 4 aliphatic heterocycles. The Morgan fingerprint density at radius 1 is 0.388 bits per heavy atom. The molecule has 7 unspecified atom stereocenters. The number of H-pyrrole nitrogens is 4. The van der Waals surface area contributed by atoms with Gasteiger partial charge in [-0.25, -0.2) is 34.0 Å². The monoisotopic (exact) mass is 1910 g/mol. The van der Waals surface area contributed by atoms with Crippen LogP contribution in [0.4, 0.5) is 37.1 Å². The van der Waals surface area contributed by atoms with E-state index in [9.17, 15) is 57.5 Å². The van der Waals surface area contributed by atoms with E-state index >= 15 is 0 Å². The van der Waals surface area contributed by atoms with Crippen molar-refractivity contribution in [2.45, 2.75) is 130 Å². The minimum atomic E-state index is -1.21. The predicted molar refractivity (Wildman–Crippen MR) is 523 cm³/mol. The number of rotatable bonds is 54. The normalized spacial score (nSPS) is 16.0. The Labute approximate surface area is 806 Å². The van der Waals surface area contributed by atoms with Crippen molar-refractivity contribution in [3.05, 3.63) is 211 Å². The number of nitrogens with two attached hydrogens (primary N) is 4. The lowest BCUT2D eigenvalue weighted by Gasteiger charge is -2.22. The summed E-state index contributed by atoms with van der Waals surface area (Å²) in [4.78, 5) is 183. The van der Waals surface area contributed by atoms with Crippen molar-refractivity contribution in [1.29, 1.82) is 0 Å². The molecule has 139 heavy (non-hydrogen) atoms. The number of nitrogens with zero attached hydrogens (tertiary/aromatic N) is 4. The molecule has 38 nitrogen and oxygen atoms in total. The van der Waals surface area contributed by atoms with E-state index in [-0.39, 0.29) is 189 Å². The predicted octanol–water partition coefficient (Wildman–Crippen LogP) is 7.32. The Morgan fingerprint density at radius 2 is 0.755 bits per heavy atom. The summed E-state index contributed by atoms with van der Waals surface area (Å²) in [6, 6.07) is 29.8.